The standard InChI is InChI=1S/C13H11N3O3S/c1-9-14-15-13(19-9)16-20(17,18)12-8-4-6-10-5-2-3-7-11(10)12/h2-8H,1H3,(H,15,16). The van der Waals surface area contributed by atoms with Crippen molar-refractivity contribution >= 4 is 26.8 Å². The number of nitrogens with zero attached hydrogens (tertiary/aromatic N) is 2. The molecule has 0 fully saturated rings. The Labute approximate surface area is 115 Å². The molecule has 1 heterocycles. The van der Waals surface area contributed by atoms with E-state index in [2.05, 4.69) is 14.9 Å². The summed E-state index contributed by atoms with van der Waals surface area (Å²) in [6, 6.07) is 12.2. The molecule has 0 saturated carbocycles. The Morgan fingerprint density at radius 1 is 1.05 bits per heavy atom. The molecule has 0 aliphatic heterocycles. The molecule has 0 atom stereocenters. The number of aryl methyl sites for hydroxylation is 1. The topological polar surface area (TPSA) is 85.1 Å². The highest BCUT2D eigenvalue weighted by atomic mass is 32.2. The van der Waals surface area contributed by atoms with E-state index in [0.29, 0.717) is 11.3 Å². The number of sulfonamides is 1. The molecule has 3 aromatic rings. The summed E-state index contributed by atoms with van der Waals surface area (Å²) in [7, 11) is -3.77. The second-order valence-corrected chi connectivity index (χ2v) is 5.86. The van der Waals surface area contributed by atoms with E-state index in [1.54, 1.807) is 25.1 Å². The first-order valence-electron chi connectivity index (χ1n) is 5.87. The van der Waals surface area contributed by atoms with Crippen molar-refractivity contribution in [2.24, 2.45) is 0 Å². The number of aromatic nitrogens is 2. The predicted molar refractivity (Wildman–Crippen MR) is 73.8 cm³/mol. The summed E-state index contributed by atoms with van der Waals surface area (Å²) >= 11 is 0. The van der Waals surface area contributed by atoms with E-state index in [9.17, 15) is 8.42 Å². The van der Waals surface area contributed by atoms with E-state index in [4.69, 9.17) is 4.42 Å². The average molecular weight is 289 g/mol. The molecule has 0 unspecified atom stereocenters. The largest absolute Gasteiger partial charge is 0.408 e. The van der Waals surface area contributed by atoms with Gasteiger partial charge in [-0.15, -0.1) is 5.10 Å². The van der Waals surface area contributed by atoms with Crippen LogP contribution in [-0.4, -0.2) is 18.6 Å². The fourth-order valence-corrected chi connectivity index (χ4v) is 3.09. The van der Waals surface area contributed by atoms with Crippen LogP contribution in [0.4, 0.5) is 6.01 Å². The van der Waals surface area contributed by atoms with Crippen LogP contribution in [0.3, 0.4) is 0 Å². The molecule has 20 heavy (non-hydrogen) atoms. The smallest absolute Gasteiger partial charge is 0.329 e. The molecule has 7 heteroatoms. The molecule has 0 radical (unpaired) electrons. The van der Waals surface area contributed by atoms with Crippen LogP contribution in [0.2, 0.25) is 0 Å². The van der Waals surface area contributed by atoms with Crippen LogP contribution < -0.4 is 4.72 Å². The summed E-state index contributed by atoms with van der Waals surface area (Å²) in [5, 5.41) is 8.70. The number of benzene rings is 2. The van der Waals surface area contributed by atoms with E-state index in [1.807, 2.05) is 18.2 Å². The highest BCUT2D eigenvalue weighted by Gasteiger charge is 2.19. The van der Waals surface area contributed by atoms with Gasteiger partial charge >= 0.3 is 6.01 Å². The van der Waals surface area contributed by atoms with E-state index in [0.717, 1.165) is 5.39 Å². The van der Waals surface area contributed by atoms with Crippen molar-refractivity contribution in [3.05, 3.63) is 48.4 Å². The molecule has 3 rings (SSSR count). The fraction of sp³-hybridized carbons (Fsp3) is 0.0769. The molecule has 0 aliphatic rings. The Morgan fingerprint density at radius 3 is 2.55 bits per heavy atom. The number of nitrogens with one attached hydrogen (secondary N) is 1. The van der Waals surface area contributed by atoms with Gasteiger partial charge in [-0.1, -0.05) is 41.5 Å². The van der Waals surface area contributed by atoms with Gasteiger partial charge in [-0.05, 0) is 11.5 Å². The van der Waals surface area contributed by atoms with E-state index < -0.39 is 10.0 Å². The molecular formula is C13H11N3O3S. The third kappa shape index (κ3) is 2.23. The Hall–Kier alpha value is -2.41. The van der Waals surface area contributed by atoms with Crippen LogP contribution >= 0.6 is 0 Å². The van der Waals surface area contributed by atoms with Gasteiger partial charge in [0.15, 0.2) is 0 Å². The fourth-order valence-electron chi connectivity index (χ4n) is 1.94. The van der Waals surface area contributed by atoms with Gasteiger partial charge in [-0.3, -0.25) is 0 Å². The minimum Gasteiger partial charge on any atom is -0.408 e. The number of hydrogen-bond donors (Lipinski definition) is 1. The van der Waals surface area contributed by atoms with Crippen LogP contribution in [0.25, 0.3) is 10.8 Å². The summed E-state index contributed by atoms with van der Waals surface area (Å²) in [6.45, 7) is 1.59. The van der Waals surface area contributed by atoms with Gasteiger partial charge in [-0.25, -0.2) is 13.1 Å². The zero-order chi connectivity index (χ0) is 14.2. The average Bonchev–Trinajstić information content (AvgIpc) is 2.82. The second-order valence-electron chi connectivity index (χ2n) is 4.21. The lowest BCUT2D eigenvalue weighted by Crippen LogP contribution is -2.13. The highest BCUT2D eigenvalue weighted by molar-refractivity contribution is 7.93. The van der Waals surface area contributed by atoms with Crippen molar-refractivity contribution in [3.63, 3.8) is 0 Å². The molecule has 1 N–H and O–H groups in total. The van der Waals surface area contributed by atoms with Crippen molar-refractivity contribution < 1.29 is 12.8 Å². The minimum absolute atomic E-state index is 0.143. The van der Waals surface area contributed by atoms with E-state index in [-0.39, 0.29) is 10.9 Å². The summed E-state index contributed by atoms with van der Waals surface area (Å²) in [4.78, 5) is 0.173. The van der Waals surface area contributed by atoms with Crippen LogP contribution in [0.15, 0.2) is 51.8 Å². The Balaban J connectivity index is 2.09. The van der Waals surface area contributed by atoms with Crippen LogP contribution in [-0.2, 0) is 10.0 Å². The van der Waals surface area contributed by atoms with Crippen LogP contribution in [0.5, 0.6) is 0 Å². The van der Waals surface area contributed by atoms with Gasteiger partial charge in [-0.2, -0.15) is 0 Å². The zero-order valence-corrected chi connectivity index (χ0v) is 11.4. The van der Waals surface area contributed by atoms with E-state index >= 15 is 0 Å². The van der Waals surface area contributed by atoms with Gasteiger partial charge in [0.1, 0.15) is 0 Å². The third-order valence-corrected chi connectivity index (χ3v) is 4.17. The molecule has 0 aliphatic carbocycles. The monoisotopic (exact) mass is 289 g/mol. The second kappa shape index (κ2) is 4.61. The Bertz CT molecular complexity index is 866. The summed E-state index contributed by atoms with van der Waals surface area (Å²) in [5.41, 5.74) is 0. The minimum atomic E-state index is -3.77. The molecule has 6 nitrogen and oxygen atoms in total. The zero-order valence-electron chi connectivity index (χ0n) is 10.6. The lowest BCUT2D eigenvalue weighted by molar-refractivity contribution is 0.534. The molecule has 102 valence electrons. The van der Waals surface area contributed by atoms with Crippen LogP contribution in [0, 0.1) is 6.92 Å². The molecule has 0 saturated heterocycles. The first-order chi connectivity index (χ1) is 9.56. The van der Waals surface area contributed by atoms with Gasteiger partial charge in [0.2, 0.25) is 5.89 Å². The molecule has 0 spiro atoms. The van der Waals surface area contributed by atoms with Gasteiger partial charge < -0.3 is 4.42 Å². The Morgan fingerprint density at radius 2 is 1.80 bits per heavy atom. The van der Waals surface area contributed by atoms with Crippen molar-refractivity contribution in [1.82, 2.24) is 10.2 Å². The van der Waals surface area contributed by atoms with Gasteiger partial charge in [0.05, 0.1) is 4.90 Å². The van der Waals surface area contributed by atoms with Crippen molar-refractivity contribution in [3.8, 4) is 0 Å². The Kier molecular flexibility index (Phi) is 2.90. The lowest BCUT2D eigenvalue weighted by atomic mass is 10.1. The number of anilines is 1. The maximum atomic E-state index is 12.4. The maximum Gasteiger partial charge on any atom is 0.329 e. The molecular weight excluding hydrogens is 278 g/mol. The maximum absolute atomic E-state index is 12.4. The van der Waals surface area contributed by atoms with E-state index in [1.165, 1.54) is 6.07 Å². The SMILES string of the molecule is Cc1nnc(NS(=O)(=O)c2cccc3ccccc23)o1. The lowest BCUT2D eigenvalue weighted by Gasteiger charge is -2.07. The first-order valence-corrected chi connectivity index (χ1v) is 7.35. The van der Waals surface area contributed by atoms with Gasteiger partial charge in [0.25, 0.3) is 10.0 Å². The number of rotatable bonds is 3. The molecule has 2 aromatic carbocycles. The summed E-state index contributed by atoms with van der Waals surface area (Å²) in [6.07, 6.45) is 0. The highest BCUT2D eigenvalue weighted by Crippen LogP contribution is 2.24. The summed E-state index contributed by atoms with van der Waals surface area (Å²) < 4.78 is 32.1. The summed E-state index contributed by atoms with van der Waals surface area (Å²) in [5.74, 6) is 0.292. The normalized spacial score (nSPS) is 11.7. The molecule has 0 amide bonds. The van der Waals surface area contributed by atoms with Gasteiger partial charge in [0, 0.05) is 12.3 Å². The molecule has 0 bridgehead atoms. The van der Waals surface area contributed by atoms with Crippen molar-refractivity contribution in [2.75, 3.05) is 4.72 Å². The molecule has 1 aromatic heterocycles. The predicted octanol–water partition coefficient (Wildman–Crippen LogP) is 2.33. The number of hydrogen-bond acceptors (Lipinski definition) is 5. The van der Waals surface area contributed by atoms with Crippen molar-refractivity contribution in [2.45, 2.75) is 11.8 Å². The quantitative estimate of drug-likeness (QED) is 0.799. The van der Waals surface area contributed by atoms with Crippen molar-refractivity contribution in [1.29, 1.82) is 0 Å². The first kappa shape index (κ1) is 12.6. The third-order valence-electron chi connectivity index (χ3n) is 2.79. The van der Waals surface area contributed by atoms with Crippen LogP contribution in [0.1, 0.15) is 5.89 Å². The number of fused-ring (bicyclic) bond motifs is 1.